The fourth-order valence-corrected chi connectivity index (χ4v) is 3.35. The number of hydrogen-bond donors (Lipinski definition) is 0. The van der Waals surface area contributed by atoms with E-state index >= 15 is 0 Å². The molecule has 0 spiro atoms. The van der Waals surface area contributed by atoms with E-state index in [0.29, 0.717) is 5.41 Å². The summed E-state index contributed by atoms with van der Waals surface area (Å²) < 4.78 is 0. The van der Waals surface area contributed by atoms with Crippen LogP contribution in [-0.2, 0) is 0 Å². The maximum Gasteiger partial charge on any atom is -0.0171 e. The maximum atomic E-state index is 2.47. The SMILES string of the molecule is CCC1(CC)C2C=CC1CC2. The zero-order valence-corrected chi connectivity index (χ0v) is 7.64. The van der Waals surface area contributed by atoms with Crippen LogP contribution < -0.4 is 0 Å². The second kappa shape index (κ2) is 2.36. The Bertz CT molecular complexity index is 158. The Morgan fingerprint density at radius 1 is 1.09 bits per heavy atom. The smallest absolute Gasteiger partial charge is 0.0171 e. The van der Waals surface area contributed by atoms with Crippen LogP contribution in [-0.4, -0.2) is 0 Å². The molecule has 2 unspecified atom stereocenters. The Hall–Kier alpha value is -0.260. The molecule has 0 aliphatic heterocycles. The molecular formula is C11H18. The van der Waals surface area contributed by atoms with Crippen molar-refractivity contribution in [1.82, 2.24) is 0 Å². The third-order valence-electron chi connectivity index (χ3n) is 4.16. The predicted octanol–water partition coefficient (Wildman–Crippen LogP) is 3.39. The van der Waals surface area contributed by atoms with Crippen molar-refractivity contribution in [3.8, 4) is 0 Å². The summed E-state index contributed by atoms with van der Waals surface area (Å²) in [6.07, 6.45) is 10.6. The third kappa shape index (κ3) is 0.758. The first kappa shape index (κ1) is 7.39. The van der Waals surface area contributed by atoms with Crippen molar-refractivity contribution in [3.05, 3.63) is 12.2 Å². The van der Waals surface area contributed by atoms with Crippen LogP contribution in [0.3, 0.4) is 0 Å². The molecule has 1 saturated carbocycles. The Labute approximate surface area is 69.7 Å². The van der Waals surface area contributed by atoms with E-state index in [1.165, 1.54) is 25.7 Å². The quantitative estimate of drug-likeness (QED) is 0.529. The van der Waals surface area contributed by atoms with E-state index in [-0.39, 0.29) is 0 Å². The fraction of sp³-hybridized carbons (Fsp3) is 0.818. The lowest BCUT2D eigenvalue weighted by Crippen LogP contribution is -2.24. The zero-order valence-electron chi connectivity index (χ0n) is 7.64. The van der Waals surface area contributed by atoms with Crippen LogP contribution in [0.2, 0.25) is 0 Å². The molecule has 0 saturated heterocycles. The number of rotatable bonds is 2. The minimum atomic E-state index is 0.694. The first-order valence-electron chi connectivity index (χ1n) is 5.02. The second-order valence-electron chi connectivity index (χ2n) is 4.12. The van der Waals surface area contributed by atoms with Gasteiger partial charge in [0.1, 0.15) is 0 Å². The Morgan fingerprint density at radius 3 is 1.73 bits per heavy atom. The van der Waals surface area contributed by atoms with Gasteiger partial charge < -0.3 is 0 Å². The van der Waals surface area contributed by atoms with E-state index in [4.69, 9.17) is 0 Å². The van der Waals surface area contributed by atoms with Crippen molar-refractivity contribution in [2.45, 2.75) is 39.5 Å². The number of allylic oxidation sites excluding steroid dienone is 2. The van der Waals surface area contributed by atoms with Gasteiger partial charge in [0.25, 0.3) is 0 Å². The highest BCUT2D eigenvalue weighted by Crippen LogP contribution is 2.57. The predicted molar refractivity (Wildman–Crippen MR) is 48.4 cm³/mol. The summed E-state index contributed by atoms with van der Waals surface area (Å²) in [4.78, 5) is 0. The lowest BCUT2D eigenvalue weighted by Gasteiger charge is -2.32. The molecule has 0 heterocycles. The minimum absolute atomic E-state index is 0.694. The van der Waals surface area contributed by atoms with E-state index in [2.05, 4.69) is 26.0 Å². The summed E-state index contributed by atoms with van der Waals surface area (Å²) in [5, 5.41) is 0. The Balaban J connectivity index is 2.27. The minimum Gasteiger partial charge on any atom is -0.0845 e. The van der Waals surface area contributed by atoms with Crippen LogP contribution >= 0.6 is 0 Å². The molecule has 0 nitrogen and oxygen atoms in total. The van der Waals surface area contributed by atoms with Gasteiger partial charge in [-0.3, -0.25) is 0 Å². The van der Waals surface area contributed by atoms with Crippen LogP contribution in [0.25, 0.3) is 0 Å². The van der Waals surface area contributed by atoms with Gasteiger partial charge in [0, 0.05) is 0 Å². The molecule has 0 N–H and O–H groups in total. The van der Waals surface area contributed by atoms with Gasteiger partial charge >= 0.3 is 0 Å². The second-order valence-corrected chi connectivity index (χ2v) is 4.12. The highest BCUT2D eigenvalue weighted by atomic mass is 14.5. The molecule has 2 atom stereocenters. The van der Waals surface area contributed by atoms with E-state index in [9.17, 15) is 0 Å². The van der Waals surface area contributed by atoms with Crippen LogP contribution in [0.15, 0.2) is 12.2 Å². The summed E-state index contributed by atoms with van der Waals surface area (Å²) in [6.45, 7) is 4.73. The van der Waals surface area contributed by atoms with Crippen molar-refractivity contribution >= 4 is 0 Å². The van der Waals surface area contributed by atoms with Crippen molar-refractivity contribution < 1.29 is 0 Å². The molecule has 2 bridgehead atoms. The van der Waals surface area contributed by atoms with Crippen LogP contribution in [0.1, 0.15) is 39.5 Å². The number of hydrogen-bond acceptors (Lipinski definition) is 0. The molecule has 0 aromatic heterocycles. The molecule has 0 heteroatoms. The third-order valence-corrected chi connectivity index (χ3v) is 4.16. The zero-order chi connectivity index (χ0) is 7.90. The molecule has 2 aliphatic rings. The van der Waals surface area contributed by atoms with Crippen molar-refractivity contribution in [2.24, 2.45) is 17.3 Å². The van der Waals surface area contributed by atoms with Gasteiger partial charge in [-0.2, -0.15) is 0 Å². The standard InChI is InChI=1S/C11H18/c1-3-11(4-2)9-5-6-10(11)8-7-9/h5-6,9-10H,3-4,7-8H2,1-2H3. The summed E-state index contributed by atoms with van der Waals surface area (Å²) in [7, 11) is 0. The monoisotopic (exact) mass is 150 g/mol. The molecule has 62 valence electrons. The van der Waals surface area contributed by atoms with Gasteiger partial charge in [-0.25, -0.2) is 0 Å². The summed E-state index contributed by atoms with van der Waals surface area (Å²) in [6, 6.07) is 0. The summed E-state index contributed by atoms with van der Waals surface area (Å²) in [5.41, 5.74) is 0.694. The van der Waals surface area contributed by atoms with Gasteiger partial charge in [-0.15, -0.1) is 0 Å². The molecule has 11 heavy (non-hydrogen) atoms. The molecular weight excluding hydrogens is 132 g/mol. The van der Waals surface area contributed by atoms with Crippen LogP contribution in [0, 0.1) is 17.3 Å². The van der Waals surface area contributed by atoms with Crippen molar-refractivity contribution in [2.75, 3.05) is 0 Å². The van der Waals surface area contributed by atoms with Gasteiger partial charge in [-0.1, -0.05) is 26.0 Å². The van der Waals surface area contributed by atoms with Crippen molar-refractivity contribution in [3.63, 3.8) is 0 Å². The van der Waals surface area contributed by atoms with Gasteiger partial charge in [-0.05, 0) is 42.9 Å². The molecule has 1 fully saturated rings. The topological polar surface area (TPSA) is 0 Å². The largest absolute Gasteiger partial charge is 0.0845 e. The lowest BCUT2D eigenvalue weighted by molar-refractivity contribution is 0.191. The average Bonchev–Trinajstić information content (AvgIpc) is 2.59. The fourth-order valence-electron chi connectivity index (χ4n) is 3.35. The molecule has 0 aromatic carbocycles. The van der Waals surface area contributed by atoms with E-state index in [1.807, 2.05) is 0 Å². The average molecular weight is 150 g/mol. The molecule has 2 rings (SSSR count). The molecule has 2 aliphatic carbocycles. The van der Waals surface area contributed by atoms with Crippen LogP contribution in [0.5, 0.6) is 0 Å². The molecule has 0 aromatic rings. The highest BCUT2D eigenvalue weighted by Gasteiger charge is 2.48. The molecule has 0 amide bonds. The Morgan fingerprint density at radius 2 is 1.55 bits per heavy atom. The summed E-state index contributed by atoms with van der Waals surface area (Å²) >= 11 is 0. The van der Waals surface area contributed by atoms with Gasteiger partial charge in [0.05, 0.1) is 0 Å². The van der Waals surface area contributed by atoms with E-state index in [1.54, 1.807) is 0 Å². The number of fused-ring (bicyclic) bond motifs is 2. The summed E-state index contributed by atoms with van der Waals surface area (Å²) in [5.74, 6) is 1.87. The van der Waals surface area contributed by atoms with E-state index < -0.39 is 0 Å². The first-order chi connectivity index (χ1) is 5.33. The highest BCUT2D eigenvalue weighted by molar-refractivity contribution is 5.17. The maximum absolute atomic E-state index is 2.47. The Kier molecular flexibility index (Phi) is 1.59. The molecule has 0 radical (unpaired) electrons. The lowest BCUT2D eigenvalue weighted by atomic mass is 9.72. The van der Waals surface area contributed by atoms with Gasteiger partial charge in [0.15, 0.2) is 0 Å². The van der Waals surface area contributed by atoms with Crippen LogP contribution in [0.4, 0.5) is 0 Å². The van der Waals surface area contributed by atoms with Gasteiger partial charge in [0.2, 0.25) is 0 Å². The normalized spacial score (nSPS) is 38.4. The van der Waals surface area contributed by atoms with Crippen molar-refractivity contribution in [1.29, 1.82) is 0 Å². The first-order valence-corrected chi connectivity index (χ1v) is 5.02. The van der Waals surface area contributed by atoms with E-state index in [0.717, 1.165) is 11.8 Å².